The highest BCUT2D eigenvalue weighted by atomic mass is 19.1. The lowest BCUT2D eigenvalue weighted by Crippen LogP contribution is -2.32. The van der Waals surface area contributed by atoms with Gasteiger partial charge in [0.25, 0.3) is 0 Å². The Kier molecular flexibility index (Phi) is 4.54. The number of hydrogen-bond donors (Lipinski definition) is 0. The van der Waals surface area contributed by atoms with Gasteiger partial charge < -0.3 is 4.74 Å². The average molecular weight is 329 g/mol. The number of benzene rings is 1. The van der Waals surface area contributed by atoms with Crippen LogP contribution < -0.4 is 4.74 Å². The van der Waals surface area contributed by atoms with Gasteiger partial charge in [-0.1, -0.05) is 26.8 Å². The average Bonchev–Trinajstić information content (AvgIpc) is 2.55. The fourth-order valence-electron chi connectivity index (χ4n) is 2.90. The van der Waals surface area contributed by atoms with E-state index in [2.05, 4.69) is 30.7 Å². The predicted molar refractivity (Wildman–Crippen MR) is 91.5 cm³/mol. The van der Waals surface area contributed by atoms with Crippen molar-refractivity contribution in [2.45, 2.75) is 45.7 Å². The lowest BCUT2D eigenvalue weighted by atomic mass is 9.95. The van der Waals surface area contributed by atoms with Gasteiger partial charge >= 0.3 is 0 Å². The second-order valence-corrected chi connectivity index (χ2v) is 7.33. The molecule has 0 aliphatic carbocycles. The number of nitrogens with zero attached hydrogens (tertiary/aromatic N) is 3. The first-order chi connectivity index (χ1) is 11.4. The van der Waals surface area contributed by atoms with Crippen LogP contribution in [0.4, 0.5) is 4.39 Å². The molecule has 3 rings (SSSR count). The summed E-state index contributed by atoms with van der Waals surface area (Å²) in [4.78, 5) is 11.5. The number of hydrogen-bond acceptors (Lipinski definition) is 4. The molecule has 1 aliphatic heterocycles. The van der Waals surface area contributed by atoms with Gasteiger partial charge in [-0.05, 0) is 6.07 Å². The molecule has 1 aromatic carbocycles. The van der Waals surface area contributed by atoms with Crippen LogP contribution >= 0.6 is 0 Å². The van der Waals surface area contributed by atoms with Crippen LogP contribution in [-0.2, 0) is 24.9 Å². The number of methoxy groups -OCH3 is 1. The summed E-state index contributed by atoms with van der Waals surface area (Å²) < 4.78 is 19.2. The van der Waals surface area contributed by atoms with Gasteiger partial charge in [-0.3, -0.25) is 4.90 Å². The van der Waals surface area contributed by atoms with E-state index in [1.807, 2.05) is 6.20 Å². The molecule has 0 spiro atoms. The van der Waals surface area contributed by atoms with Crippen LogP contribution in [0.3, 0.4) is 0 Å². The highest BCUT2D eigenvalue weighted by Gasteiger charge is 2.23. The summed E-state index contributed by atoms with van der Waals surface area (Å²) in [5.41, 5.74) is 2.91. The molecule has 0 saturated heterocycles. The van der Waals surface area contributed by atoms with Crippen molar-refractivity contribution in [2.24, 2.45) is 0 Å². The van der Waals surface area contributed by atoms with Gasteiger partial charge in [0.05, 0.1) is 7.11 Å². The van der Waals surface area contributed by atoms with E-state index < -0.39 is 0 Å². The van der Waals surface area contributed by atoms with Gasteiger partial charge in [-0.15, -0.1) is 0 Å². The largest absolute Gasteiger partial charge is 0.497 e. The molecule has 1 aliphatic rings. The van der Waals surface area contributed by atoms with Crippen LogP contribution in [0.1, 0.15) is 43.4 Å². The van der Waals surface area contributed by atoms with E-state index in [0.717, 1.165) is 36.6 Å². The van der Waals surface area contributed by atoms with Crippen LogP contribution in [0.5, 0.6) is 5.75 Å². The Bertz CT molecular complexity index is 740. The van der Waals surface area contributed by atoms with Gasteiger partial charge in [-0.2, -0.15) is 0 Å². The van der Waals surface area contributed by atoms with E-state index in [-0.39, 0.29) is 11.2 Å². The molecule has 0 saturated carbocycles. The van der Waals surface area contributed by atoms with E-state index in [9.17, 15) is 4.39 Å². The molecule has 0 amide bonds. The van der Waals surface area contributed by atoms with Crippen LogP contribution in [0.25, 0.3) is 0 Å². The number of fused-ring (bicyclic) bond motifs is 1. The summed E-state index contributed by atoms with van der Waals surface area (Å²) in [5.74, 6) is 1.21. The zero-order valence-corrected chi connectivity index (χ0v) is 14.8. The molecule has 0 radical (unpaired) electrons. The molecule has 5 heteroatoms. The van der Waals surface area contributed by atoms with E-state index >= 15 is 0 Å². The van der Waals surface area contributed by atoms with Gasteiger partial charge in [0.2, 0.25) is 0 Å². The van der Waals surface area contributed by atoms with Crippen molar-refractivity contribution in [1.29, 1.82) is 0 Å². The minimum atomic E-state index is -0.223. The van der Waals surface area contributed by atoms with Crippen LogP contribution in [0, 0.1) is 5.82 Å². The summed E-state index contributed by atoms with van der Waals surface area (Å²) in [5, 5.41) is 0. The quantitative estimate of drug-likeness (QED) is 0.864. The molecule has 128 valence electrons. The summed E-state index contributed by atoms with van der Waals surface area (Å²) in [6.45, 7) is 8.57. The maximum Gasteiger partial charge on any atom is 0.133 e. The maximum absolute atomic E-state index is 14.1. The third-order valence-corrected chi connectivity index (χ3v) is 4.34. The Morgan fingerprint density at radius 3 is 2.75 bits per heavy atom. The first kappa shape index (κ1) is 16.8. The van der Waals surface area contributed by atoms with Gasteiger partial charge in [0, 0.05) is 60.6 Å². The number of aromatic nitrogens is 2. The fraction of sp³-hybridized carbons (Fsp3) is 0.474. The van der Waals surface area contributed by atoms with Crippen molar-refractivity contribution in [3.05, 3.63) is 52.9 Å². The maximum atomic E-state index is 14.1. The lowest BCUT2D eigenvalue weighted by Gasteiger charge is -2.29. The number of rotatable bonds is 3. The van der Waals surface area contributed by atoms with E-state index in [0.29, 0.717) is 17.9 Å². The molecule has 24 heavy (non-hydrogen) atoms. The monoisotopic (exact) mass is 329 g/mol. The minimum Gasteiger partial charge on any atom is -0.497 e. The fourth-order valence-corrected chi connectivity index (χ4v) is 2.90. The summed E-state index contributed by atoms with van der Waals surface area (Å²) in [7, 11) is 1.54. The SMILES string of the molecule is COc1ccc(CN2CCc3nc(C(C)(C)C)ncc3C2)c(F)c1. The van der Waals surface area contributed by atoms with Crippen LogP contribution in [0.2, 0.25) is 0 Å². The Morgan fingerprint density at radius 1 is 1.29 bits per heavy atom. The molecule has 0 fully saturated rings. The van der Waals surface area contributed by atoms with Crippen molar-refractivity contribution in [1.82, 2.24) is 14.9 Å². The van der Waals surface area contributed by atoms with Crippen molar-refractivity contribution < 1.29 is 9.13 Å². The molecular weight excluding hydrogens is 305 g/mol. The Morgan fingerprint density at radius 2 is 2.08 bits per heavy atom. The first-order valence-corrected chi connectivity index (χ1v) is 8.27. The molecule has 1 aromatic heterocycles. The second kappa shape index (κ2) is 6.48. The van der Waals surface area contributed by atoms with Crippen molar-refractivity contribution in [2.75, 3.05) is 13.7 Å². The summed E-state index contributed by atoms with van der Waals surface area (Å²) in [6, 6.07) is 5.03. The molecule has 0 N–H and O–H groups in total. The normalized spacial score (nSPS) is 15.2. The molecule has 2 heterocycles. The molecular formula is C19H24FN3O. The lowest BCUT2D eigenvalue weighted by molar-refractivity contribution is 0.238. The van der Waals surface area contributed by atoms with Crippen molar-refractivity contribution in [3.8, 4) is 5.75 Å². The van der Waals surface area contributed by atoms with E-state index in [1.165, 1.54) is 6.07 Å². The van der Waals surface area contributed by atoms with Crippen molar-refractivity contribution in [3.63, 3.8) is 0 Å². The standard InChI is InChI=1S/C19H24FN3O/c1-19(2,3)18-21-10-14-12-23(8-7-17(14)22-18)11-13-5-6-15(24-4)9-16(13)20/h5-6,9-10H,7-8,11-12H2,1-4H3. The predicted octanol–water partition coefficient (Wildman–Crippen LogP) is 3.48. The first-order valence-electron chi connectivity index (χ1n) is 8.27. The highest BCUT2D eigenvalue weighted by molar-refractivity contribution is 5.29. The minimum absolute atomic E-state index is 0.0433. The molecule has 0 atom stereocenters. The third-order valence-electron chi connectivity index (χ3n) is 4.34. The third kappa shape index (κ3) is 3.56. The molecule has 4 nitrogen and oxygen atoms in total. The topological polar surface area (TPSA) is 38.2 Å². The Balaban J connectivity index is 1.74. The van der Waals surface area contributed by atoms with Crippen LogP contribution in [-0.4, -0.2) is 28.5 Å². The Hall–Kier alpha value is -2.01. The molecule has 0 unspecified atom stereocenters. The summed E-state index contributed by atoms with van der Waals surface area (Å²) >= 11 is 0. The van der Waals surface area contributed by atoms with Gasteiger partial charge in [0.1, 0.15) is 17.4 Å². The van der Waals surface area contributed by atoms with Gasteiger partial charge in [-0.25, -0.2) is 14.4 Å². The summed E-state index contributed by atoms with van der Waals surface area (Å²) in [6.07, 6.45) is 2.80. The number of ether oxygens (including phenoxy) is 1. The zero-order valence-electron chi connectivity index (χ0n) is 14.8. The highest BCUT2D eigenvalue weighted by Crippen LogP contribution is 2.24. The zero-order chi connectivity index (χ0) is 17.3. The second-order valence-electron chi connectivity index (χ2n) is 7.33. The van der Waals surface area contributed by atoms with E-state index in [1.54, 1.807) is 19.2 Å². The van der Waals surface area contributed by atoms with E-state index in [4.69, 9.17) is 9.72 Å². The van der Waals surface area contributed by atoms with Crippen molar-refractivity contribution >= 4 is 0 Å². The Labute approximate surface area is 142 Å². The molecule has 0 bridgehead atoms. The van der Waals surface area contributed by atoms with Crippen LogP contribution in [0.15, 0.2) is 24.4 Å². The van der Waals surface area contributed by atoms with Gasteiger partial charge in [0.15, 0.2) is 0 Å². The number of halogens is 1. The smallest absolute Gasteiger partial charge is 0.133 e. The molecule has 2 aromatic rings.